The van der Waals surface area contributed by atoms with Crippen molar-refractivity contribution in [2.24, 2.45) is 0 Å². The van der Waals surface area contributed by atoms with E-state index in [1.54, 1.807) is 12.1 Å². The minimum atomic E-state index is -0.579. The third-order valence-electron chi connectivity index (χ3n) is 1.77. The summed E-state index contributed by atoms with van der Waals surface area (Å²) in [5, 5.41) is 2.57. The fourth-order valence-electron chi connectivity index (χ4n) is 1.10. The molecule has 5 heteroatoms. The number of hydrogen-bond acceptors (Lipinski definition) is 4. The first-order valence-corrected chi connectivity index (χ1v) is 4.64. The molecule has 0 bridgehead atoms. The summed E-state index contributed by atoms with van der Waals surface area (Å²) in [7, 11) is 0. The van der Waals surface area contributed by atoms with Crippen LogP contribution >= 0.6 is 0 Å². The molecule has 1 amide bonds. The number of anilines is 1. The predicted molar refractivity (Wildman–Crippen MR) is 58.1 cm³/mol. The minimum Gasteiger partial charge on any atom is -0.391 e. The molecule has 80 valence electrons. The molecule has 0 saturated heterocycles. The number of nitrogens with zero attached hydrogens (tertiary/aromatic N) is 2. The van der Waals surface area contributed by atoms with Gasteiger partial charge in [0.05, 0.1) is 0 Å². The van der Waals surface area contributed by atoms with Gasteiger partial charge in [-0.25, -0.2) is 14.8 Å². The second-order valence-electron chi connectivity index (χ2n) is 2.93. The molecule has 2 aromatic rings. The number of benzene rings is 1. The first kappa shape index (κ1) is 10.1. The summed E-state index contributed by atoms with van der Waals surface area (Å²) in [5.74, 6) is 0.212. The molecule has 0 aliphatic heterocycles. The van der Waals surface area contributed by atoms with Crippen LogP contribution in [0.25, 0.3) is 0 Å². The van der Waals surface area contributed by atoms with Gasteiger partial charge in [0.25, 0.3) is 0 Å². The van der Waals surface area contributed by atoms with Crippen molar-refractivity contribution in [3.05, 3.63) is 48.9 Å². The predicted octanol–water partition coefficient (Wildman–Crippen LogP) is 2.09. The molecule has 1 aromatic carbocycles. The van der Waals surface area contributed by atoms with Gasteiger partial charge in [0, 0.05) is 18.0 Å². The summed E-state index contributed by atoms with van der Waals surface area (Å²) < 4.78 is 4.92. The van der Waals surface area contributed by atoms with E-state index in [4.69, 9.17) is 4.74 Å². The van der Waals surface area contributed by atoms with Crippen molar-refractivity contribution >= 4 is 11.8 Å². The number of carbonyl (C=O) groups is 1. The molecule has 1 N–H and O–H groups in total. The average Bonchev–Trinajstić information content (AvgIpc) is 2.31. The lowest BCUT2D eigenvalue weighted by Gasteiger charge is -2.04. The fourth-order valence-corrected chi connectivity index (χ4v) is 1.10. The SMILES string of the molecule is O=C(Nc1ccccc1)Oc1ccncn1. The molecule has 0 spiro atoms. The van der Waals surface area contributed by atoms with Crippen molar-refractivity contribution in [2.75, 3.05) is 5.32 Å². The number of ether oxygens (including phenoxy) is 1. The van der Waals surface area contributed by atoms with Crippen LogP contribution in [-0.2, 0) is 0 Å². The molecule has 16 heavy (non-hydrogen) atoms. The number of rotatable bonds is 2. The Labute approximate surface area is 92.1 Å². The van der Waals surface area contributed by atoms with Gasteiger partial charge < -0.3 is 4.74 Å². The van der Waals surface area contributed by atoms with Gasteiger partial charge in [0.1, 0.15) is 6.33 Å². The minimum absolute atomic E-state index is 0.212. The topological polar surface area (TPSA) is 64.1 Å². The third kappa shape index (κ3) is 2.78. The van der Waals surface area contributed by atoms with E-state index in [1.165, 1.54) is 18.6 Å². The lowest BCUT2D eigenvalue weighted by atomic mass is 10.3. The van der Waals surface area contributed by atoms with Crippen molar-refractivity contribution in [1.82, 2.24) is 9.97 Å². The fraction of sp³-hybridized carbons (Fsp3) is 0. The van der Waals surface area contributed by atoms with Crippen molar-refractivity contribution in [1.29, 1.82) is 0 Å². The van der Waals surface area contributed by atoms with Crippen LogP contribution in [0.15, 0.2) is 48.9 Å². The third-order valence-corrected chi connectivity index (χ3v) is 1.77. The van der Waals surface area contributed by atoms with E-state index < -0.39 is 6.09 Å². The van der Waals surface area contributed by atoms with Crippen molar-refractivity contribution in [3.63, 3.8) is 0 Å². The van der Waals surface area contributed by atoms with Gasteiger partial charge in [-0.15, -0.1) is 0 Å². The molecule has 0 aliphatic rings. The van der Waals surface area contributed by atoms with Crippen LogP contribution < -0.4 is 10.1 Å². The van der Waals surface area contributed by atoms with Crippen LogP contribution in [-0.4, -0.2) is 16.1 Å². The van der Waals surface area contributed by atoms with Crippen LogP contribution in [0.2, 0.25) is 0 Å². The van der Waals surface area contributed by atoms with Gasteiger partial charge in [0.15, 0.2) is 0 Å². The van der Waals surface area contributed by atoms with Gasteiger partial charge in [-0.2, -0.15) is 0 Å². The molecule has 1 heterocycles. The number of nitrogens with one attached hydrogen (secondary N) is 1. The Bertz CT molecular complexity index is 416. The molecule has 1 aromatic heterocycles. The monoisotopic (exact) mass is 215 g/mol. The molecule has 0 aliphatic carbocycles. The van der Waals surface area contributed by atoms with Crippen LogP contribution in [0.1, 0.15) is 0 Å². The maximum atomic E-state index is 11.4. The van der Waals surface area contributed by atoms with Crippen LogP contribution in [0, 0.1) is 0 Å². The Morgan fingerprint density at radius 1 is 1.19 bits per heavy atom. The summed E-state index contributed by atoms with van der Waals surface area (Å²) in [6.07, 6.45) is 2.23. The molecule has 2 rings (SSSR count). The first-order valence-electron chi connectivity index (χ1n) is 4.64. The van der Waals surface area contributed by atoms with Gasteiger partial charge >= 0.3 is 6.09 Å². The van der Waals surface area contributed by atoms with Gasteiger partial charge in [-0.3, -0.25) is 5.32 Å². The summed E-state index contributed by atoms with van der Waals surface area (Å²) in [5.41, 5.74) is 0.668. The van der Waals surface area contributed by atoms with E-state index in [0.29, 0.717) is 5.69 Å². The normalized spacial score (nSPS) is 9.50. The molecular formula is C11H9N3O2. The van der Waals surface area contributed by atoms with E-state index in [9.17, 15) is 4.79 Å². The van der Waals surface area contributed by atoms with E-state index >= 15 is 0 Å². The smallest absolute Gasteiger partial charge is 0.391 e. The van der Waals surface area contributed by atoms with Crippen LogP contribution in [0.3, 0.4) is 0 Å². The quantitative estimate of drug-likeness (QED) is 0.833. The Balaban J connectivity index is 1.95. The molecule has 0 radical (unpaired) electrons. The number of carbonyl (C=O) groups excluding carboxylic acids is 1. The van der Waals surface area contributed by atoms with Crippen molar-refractivity contribution in [3.8, 4) is 5.88 Å². The highest BCUT2D eigenvalue weighted by Crippen LogP contribution is 2.07. The van der Waals surface area contributed by atoms with E-state index in [2.05, 4.69) is 15.3 Å². The van der Waals surface area contributed by atoms with Crippen molar-refractivity contribution < 1.29 is 9.53 Å². The molecule has 5 nitrogen and oxygen atoms in total. The molecule has 0 saturated carbocycles. The Morgan fingerprint density at radius 3 is 2.69 bits per heavy atom. The van der Waals surface area contributed by atoms with Gasteiger partial charge in [-0.1, -0.05) is 18.2 Å². The number of hydrogen-bond donors (Lipinski definition) is 1. The number of aromatic nitrogens is 2. The highest BCUT2D eigenvalue weighted by Gasteiger charge is 2.04. The second kappa shape index (κ2) is 4.88. The second-order valence-corrected chi connectivity index (χ2v) is 2.93. The lowest BCUT2D eigenvalue weighted by Crippen LogP contribution is -2.17. The summed E-state index contributed by atoms with van der Waals surface area (Å²) >= 11 is 0. The maximum absolute atomic E-state index is 11.4. The average molecular weight is 215 g/mol. The maximum Gasteiger partial charge on any atom is 0.418 e. The van der Waals surface area contributed by atoms with E-state index in [1.807, 2.05) is 18.2 Å². The summed E-state index contributed by atoms with van der Waals surface area (Å²) in [6, 6.07) is 10.5. The first-order chi connectivity index (χ1) is 7.84. The summed E-state index contributed by atoms with van der Waals surface area (Å²) in [6.45, 7) is 0. The number of amides is 1. The lowest BCUT2D eigenvalue weighted by molar-refractivity contribution is 0.213. The van der Waals surface area contributed by atoms with Crippen LogP contribution in [0.5, 0.6) is 5.88 Å². The zero-order valence-electron chi connectivity index (χ0n) is 8.33. The highest BCUT2D eigenvalue weighted by molar-refractivity contribution is 5.85. The van der Waals surface area contributed by atoms with E-state index in [0.717, 1.165) is 0 Å². The van der Waals surface area contributed by atoms with Gasteiger partial charge in [0.2, 0.25) is 5.88 Å². The molecule has 0 fully saturated rings. The zero-order chi connectivity index (χ0) is 11.2. The molecule has 0 atom stereocenters. The largest absolute Gasteiger partial charge is 0.418 e. The Morgan fingerprint density at radius 2 is 2.00 bits per heavy atom. The van der Waals surface area contributed by atoms with Gasteiger partial charge in [-0.05, 0) is 12.1 Å². The molecular weight excluding hydrogens is 206 g/mol. The number of para-hydroxylation sites is 1. The Hall–Kier alpha value is -2.43. The molecule has 0 unspecified atom stereocenters. The summed E-state index contributed by atoms with van der Waals surface area (Å²) in [4.78, 5) is 18.9. The van der Waals surface area contributed by atoms with Crippen LogP contribution in [0.4, 0.5) is 10.5 Å². The standard InChI is InChI=1S/C11H9N3O2/c15-11(14-9-4-2-1-3-5-9)16-10-6-7-12-8-13-10/h1-8H,(H,14,15). The van der Waals surface area contributed by atoms with Crippen molar-refractivity contribution in [2.45, 2.75) is 0 Å². The van der Waals surface area contributed by atoms with E-state index in [-0.39, 0.29) is 5.88 Å². The zero-order valence-corrected chi connectivity index (χ0v) is 8.33. The Kier molecular flexibility index (Phi) is 3.08. The highest BCUT2D eigenvalue weighted by atomic mass is 16.6.